The van der Waals surface area contributed by atoms with Gasteiger partial charge in [-0.1, -0.05) is 18.2 Å². The third-order valence-electron chi connectivity index (χ3n) is 4.64. The number of carbonyl (C=O) groups is 1. The van der Waals surface area contributed by atoms with Crippen molar-refractivity contribution in [2.45, 2.75) is 26.1 Å². The highest BCUT2D eigenvalue weighted by atomic mass is 32.1. The zero-order valence-corrected chi connectivity index (χ0v) is 16.5. The standard InChI is InChI=1S/C22H17F3N2OS/c1-12(2)27-21(28)14-5-8-16-17(10-19-20(18(16)9-14)26-11-29-19)13-3-6-15(7-4-13)22(23,24)25/h3-12H,1-2H3,(H,27,28). The predicted molar refractivity (Wildman–Crippen MR) is 110 cm³/mol. The SMILES string of the molecule is CC(C)NC(=O)c1ccc2c(-c3ccc(C(F)(F)F)cc3)cc3scnc3c2c1. The van der Waals surface area contributed by atoms with E-state index in [9.17, 15) is 18.0 Å². The molecule has 148 valence electrons. The smallest absolute Gasteiger partial charge is 0.350 e. The summed E-state index contributed by atoms with van der Waals surface area (Å²) in [4.78, 5) is 16.9. The van der Waals surface area contributed by atoms with Gasteiger partial charge in [0, 0.05) is 17.0 Å². The summed E-state index contributed by atoms with van der Waals surface area (Å²) in [7, 11) is 0. The highest BCUT2D eigenvalue weighted by Crippen LogP contribution is 2.37. The molecule has 0 unspecified atom stereocenters. The maximum atomic E-state index is 12.9. The monoisotopic (exact) mass is 414 g/mol. The Labute approximate surface area is 169 Å². The molecule has 1 amide bonds. The Kier molecular flexibility index (Phi) is 4.78. The molecule has 1 N–H and O–H groups in total. The lowest BCUT2D eigenvalue weighted by Gasteiger charge is -2.12. The molecule has 0 fully saturated rings. The molecule has 0 bridgehead atoms. The van der Waals surface area contributed by atoms with Crippen LogP contribution in [0.25, 0.3) is 32.1 Å². The van der Waals surface area contributed by atoms with E-state index in [0.29, 0.717) is 11.1 Å². The van der Waals surface area contributed by atoms with Gasteiger partial charge in [-0.3, -0.25) is 4.79 Å². The molecule has 0 saturated carbocycles. The highest BCUT2D eigenvalue weighted by Gasteiger charge is 2.30. The molecule has 7 heteroatoms. The topological polar surface area (TPSA) is 42.0 Å². The van der Waals surface area contributed by atoms with Crippen molar-refractivity contribution in [2.75, 3.05) is 0 Å². The molecular weight excluding hydrogens is 397 g/mol. The molecule has 29 heavy (non-hydrogen) atoms. The summed E-state index contributed by atoms with van der Waals surface area (Å²) < 4.78 is 39.6. The van der Waals surface area contributed by atoms with E-state index < -0.39 is 11.7 Å². The fraction of sp³-hybridized carbons (Fsp3) is 0.182. The van der Waals surface area contributed by atoms with Crippen LogP contribution in [0.2, 0.25) is 0 Å². The second-order valence-electron chi connectivity index (χ2n) is 7.09. The first-order chi connectivity index (χ1) is 13.7. The third kappa shape index (κ3) is 3.70. The van der Waals surface area contributed by atoms with Crippen molar-refractivity contribution in [3.05, 3.63) is 65.2 Å². The number of carbonyl (C=O) groups excluding carboxylic acids is 1. The van der Waals surface area contributed by atoms with Crippen LogP contribution >= 0.6 is 11.3 Å². The molecule has 3 aromatic carbocycles. The van der Waals surface area contributed by atoms with Gasteiger partial charge in [-0.25, -0.2) is 4.98 Å². The highest BCUT2D eigenvalue weighted by molar-refractivity contribution is 7.16. The Morgan fingerprint density at radius 3 is 2.41 bits per heavy atom. The van der Waals surface area contributed by atoms with Crippen LogP contribution in [0, 0.1) is 0 Å². The van der Waals surface area contributed by atoms with E-state index in [1.54, 1.807) is 17.6 Å². The van der Waals surface area contributed by atoms with Gasteiger partial charge in [0.2, 0.25) is 0 Å². The lowest BCUT2D eigenvalue weighted by atomic mass is 9.95. The van der Waals surface area contributed by atoms with E-state index in [0.717, 1.165) is 38.7 Å². The van der Waals surface area contributed by atoms with Crippen LogP contribution in [0.3, 0.4) is 0 Å². The number of benzene rings is 3. The number of nitrogens with one attached hydrogen (secondary N) is 1. The molecule has 0 aliphatic carbocycles. The van der Waals surface area contributed by atoms with E-state index in [1.807, 2.05) is 26.0 Å². The molecule has 0 atom stereocenters. The maximum absolute atomic E-state index is 12.9. The Balaban J connectivity index is 1.89. The number of nitrogens with zero attached hydrogens (tertiary/aromatic N) is 1. The Bertz CT molecular complexity index is 1210. The summed E-state index contributed by atoms with van der Waals surface area (Å²) in [5.74, 6) is -0.176. The number of aromatic nitrogens is 1. The zero-order valence-electron chi connectivity index (χ0n) is 15.7. The number of amides is 1. The molecule has 3 nitrogen and oxygen atoms in total. The molecule has 4 rings (SSSR count). The second kappa shape index (κ2) is 7.15. The minimum atomic E-state index is -4.37. The van der Waals surface area contributed by atoms with Gasteiger partial charge in [0.25, 0.3) is 5.91 Å². The normalized spacial score (nSPS) is 12.1. The van der Waals surface area contributed by atoms with Crippen LogP contribution in [-0.4, -0.2) is 16.9 Å². The molecule has 0 aliphatic heterocycles. The summed E-state index contributed by atoms with van der Waals surface area (Å²) in [6.45, 7) is 3.78. The molecule has 0 spiro atoms. The van der Waals surface area contributed by atoms with Crippen molar-refractivity contribution < 1.29 is 18.0 Å². The van der Waals surface area contributed by atoms with Crippen LogP contribution in [0.15, 0.2) is 54.0 Å². The maximum Gasteiger partial charge on any atom is 0.416 e. The molecule has 0 radical (unpaired) electrons. The van der Waals surface area contributed by atoms with E-state index in [-0.39, 0.29) is 11.9 Å². The van der Waals surface area contributed by atoms with Crippen molar-refractivity contribution in [2.24, 2.45) is 0 Å². The van der Waals surface area contributed by atoms with Crippen molar-refractivity contribution in [3.63, 3.8) is 0 Å². The van der Waals surface area contributed by atoms with E-state index in [2.05, 4.69) is 10.3 Å². The first kappa shape index (κ1) is 19.4. The lowest BCUT2D eigenvalue weighted by molar-refractivity contribution is -0.137. The van der Waals surface area contributed by atoms with Gasteiger partial charge >= 0.3 is 6.18 Å². The van der Waals surface area contributed by atoms with Gasteiger partial charge in [-0.15, -0.1) is 11.3 Å². The predicted octanol–water partition coefficient (Wildman–Crippen LogP) is 6.27. The summed E-state index contributed by atoms with van der Waals surface area (Å²) >= 11 is 1.45. The molecule has 1 aromatic heterocycles. The van der Waals surface area contributed by atoms with Gasteiger partial charge in [0.15, 0.2) is 0 Å². The summed E-state index contributed by atoms with van der Waals surface area (Å²) in [6, 6.07) is 12.4. The number of halogens is 3. The van der Waals surface area contributed by atoms with E-state index in [1.165, 1.54) is 23.5 Å². The molecular formula is C22H17F3N2OS. The van der Waals surface area contributed by atoms with Gasteiger partial charge < -0.3 is 5.32 Å². The minimum Gasteiger partial charge on any atom is -0.350 e. The summed E-state index contributed by atoms with van der Waals surface area (Å²) in [5.41, 5.74) is 3.82. The zero-order chi connectivity index (χ0) is 20.8. The number of hydrogen-bond donors (Lipinski definition) is 1. The summed E-state index contributed by atoms with van der Waals surface area (Å²) in [5, 5.41) is 4.51. The molecule has 4 aromatic rings. The van der Waals surface area contributed by atoms with Crippen LogP contribution in [0.1, 0.15) is 29.8 Å². The quantitative estimate of drug-likeness (QED) is 0.429. The largest absolute Gasteiger partial charge is 0.416 e. The van der Waals surface area contributed by atoms with Crippen LogP contribution < -0.4 is 5.32 Å². The Morgan fingerprint density at radius 1 is 1.03 bits per heavy atom. The fourth-order valence-electron chi connectivity index (χ4n) is 3.31. The van der Waals surface area contributed by atoms with Gasteiger partial charge in [0.1, 0.15) is 0 Å². The van der Waals surface area contributed by atoms with E-state index in [4.69, 9.17) is 0 Å². The number of hydrogen-bond acceptors (Lipinski definition) is 3. The van der Waals surface area contributed by atoms with Crippen molar-refractivity contribution in [3.8, 4) is 11.1 Å². The third-order valence-corrected chi connectivity index (χ3v) is 5.42. The van der Waals surface area contributed by atoms with Gasteiger partial charge in [-0.2, -0.15) is 13.2 Å². The van der Waals surface area contributed by atoms with Gasteiger partial charge in [-0.05, 0) is 60.7 Å². The van der Waals surface area contributed by atoms with E-state index >= 15 is 0 Å². The number of thiazole rings is 1. The first-order valence-corrected chi connectivity index (χ1v) is 9.90. The fourth-order valence-corrected chi connectivity index (χ4v) is 4.04. The number of fused-ring (bicyclic) bond motifs is 3. The van der Waals surface area contributed by atoms with Gasteiger partial charge in [0.05, 0.1) is 21.3 Å². The second-order valence-corrected chi connectivity index (χ2v) is 7.97. The first-order valence-electron chi connectivity index (χ1n) is 9.02. The lowest BCUT2D eigenvalue weighted by Crippen LogP contribution is -2.29. The van der Waals surface area contributed by atoms with Crippen LogP contribution in [0.4, 0.5) is 13.2 Å². The van der Waals surface area contributed by atoms with Crippen molar-refractivity contribution >= 4 is 38.2 Å². The molecule has 1 heterocycles. The Morgan fingerprint density at radius 2 is 1.76 bits per heavy atom. The average Bonchev–Trinajstić information content (AvgIpc) is 3.14. The summed E-state index contributed by atoms with van der Waals surface area (Å²) in [6.07, 6.45) is -4.37. The number of rotatable bonds is 3. The molecule has 0 saturated heterocycles. The van der Waals surface area contributed by atoms with Crippen molar-refractivity contribution in [1.82, 2.24) is 10.3 Å². The average molecular weight is 414 g/mol. The van der Waals surface area contributed by atoms with Crippen LogP contribution in [0.5, 0.6) is 0 Å². The van der Waals surface area contributed by atoms with Crippen LogP contribution in [-0.2, 0) is 6.18 Å². The minimum absolute atomic E-state index is 0.0102. The Hall–Kier alpha value is -2.93. The number of alkyl halides is 3. The molecule has 0 aliphatic rings. The van der Waals surface area contributed by atoms with Crippen molar-refractivity contribution in [1.29, 1.82) is 0 Å².